The molecular formula is C28H25N3O4. The summed E-state index contributed by atoms with van der Waals surface area (Å²) in [6.45, 7) is 3.97. The van der Waals surface area contributed by atoms with Crippen LogP contribution in [0, 0.1) is 13.8 Å². The van der Waals surface area contributed by atoms with E-state index in [0.29, 0.717) is 11.3 Å². The number of benzene rings is 2. The second-order valence-corrected chi connectivity index (χ2v) is 8.73. The lowest BCUT2D eigenvalue weighted by Gasteiger charge is -2.25. The van der Waals surface area contributed by atoms with E-state index in [1.807, 2.05) is 44.2 Å². The highest BCUT2D eigenvalue weighted by Gasteiger charge is 2.47. The zero-order valence-electron chi connectivity index (χ0n) is 19.7. The average molecular weight is 468 g/mol. The van der Waals surface area contributed by atoms with Crippen molar-refractivity contribution >= 4 is 28.4 Å². The predicted molar refractivity (Wildman–Crippen MR) is 133 cm³/mol. The summed E-state index contributed by atoms with van der Waals surface area (Å²) in [5, 5.41) is 12.4. The van der Waals surface area contributed by atoms with Crippen molar-refractivity contribution < 1.29 is 19.4 Å². The van der Waals surface area contributed by atoms with E-state index in [2.05, 4.69) is 9.97 Å². The SMILES string of the molecule is COc1c(C)cc(C)cc1/C(O)=C1\C(=O)C(=O)N(Cc2ccncc2)C1c1c[nH]c2ccccc12. The van der Waals surface area contributed by atoms with Gasteiger partial charge >= 0.3 is 0 Å². The molecule has 5 rings (SSSR count). The Kier molecular flexibility index (Phi) is 5.61. The van der Waals surface area contributed by atoms with Gasteiger partial charge in [0, 0.05) is 41.6 Å². The van der Waals surface area contributed by atoms with E-state index in [1.165, 1.54) is 12.0 Å². The third kappa shape index (κ3) is 3.75. The van der Waals surface area contributed by atoms with Crippen molar-refractivity contribution in [2.75, 3.05) is 7.11 Å². The number of aliphatic hydroxyl groups excluding tert-OH is 1. The summed E-state index contributed by atoms with van der Waals surface area (Å²) >= 11 is 0. The molecule has 2 N–H and O–H groups in total. The van der Waals surface area contributed by atoms with E-state index in [0.717, 1.165) is 33.2 Å². The van der Waals surface area contributed by atoms with Gasteiger partial charge in [-0.2, -0.15) is 0 Å². The molecule has 1 aliphatic rings. The van der Waals surface area contributed by atoms with E-state index in [4.69, 9.17) is 4.74 Å². The number of carbonyl (C=O) groups excluding carboxylic acids is 2. The van der Waals surface area contributed by atoms with Crippen LogP contribution in [0.3, 0.4) is 0 Å². The fraction of sp³-hybridized carbons (Fsp3) is 0.179. The normalized spacial score (nSPS) is 17.3. The first-order chi connectivity index (χ1) is 16.9. The van der Waals surface area contributed by atoms with Gasteiger partial charge in [0.25, 0.3) is 11.7 Å². The maximum atomic E-state index is 13.5. The number of ketones is 1. The monoisotopic (exact) mass is 467 g/mol. The molecule has 2 aromatic heterocycles. The molecule has 176 valence electrons. The number of aryl methyl sites for hydroxylation is 2. The van der Waals surface area contributed by atoms with Gasteiger partial charge in [0.2, 0.25) is 0 Å². The minimum atomic E-state index is -0.787. The second-order valence-electron chi connectivity index (χ2n) is 8.73. The van der Waals surface area contributed by atoms with Gasteiger partial charge in [-0.1, -0.05) is 24.3 Å². The molecule has 1 unspecified atom stereocenters. The first-order valence-corrected chi connectivity index (χ1v) is 11.3. The molecule has 1 fully saturated rings. The number of rotatable bonds is 5. The number of pyridine rings is 1. The first kappa shape index (κ1) is 22.4. The predicted octanol–water partition coefficient (Wildman–Crippen LogP) is 4.81. The molecule has 0 bridgehead atoms. The maximum Gasteiger partial charge on any atom is 0.295 e. The number of aromatic nitrogens is 2. The van der Waals surface area contributed by atoms with Gasteiger partial charge < -0.3 is 19.7 Å². The van der Waals surface area contributed by atoms with Crippen LogP contribution in [0.4, 0.5) is 0 Å². The van der Waals surface area contributed by atoms with Gasteiger partial charge in [-0.25, -0.2) is 0 Å². The minimum Gasteiger partial charge on any atom is -0.507 e. The van der Waals surface area contributed by atoms with Crippen molar-refractivity contribution in [1.82, 2.24) is 14.9 Å². The standard InChI is InChI=1S/C28H25N3O4/c1-16-12-17(2)27(35-3)20(13-16)25(32)23-24(21-14-30-22-7-5-4-6-19(21)22)31(28(34)26(23)33)15-18-8-10-29-11-9-18/h4-14,24,30,32H,15H2,1-3H3/b25-23+. The number of Topliss-reactive ketones (excluding diaryl/α,β-unsaturated/α-hetero) is 1. The Bertz CT molecular complexity index is 1490. The summed E-state index contributed by atoms with van der Waals surface area (Å²) in [4.78, 5) is 35.6. The van der Waals surface area contributed by atoms with Gasteiger partial charge in [0.05, 0.1) is 24.3 Å². The van der Waals surface area contributed by atoms with Crippen LogP contribution in [0.15, 0.2) is 72.7 Å². The lowest BCUT2D eigenvalue weighted by molar-refractivity contribution is -0.140. The van der Waals surface area contributed by atoms with Crippen molar-refractivity contribution in [1.29, 1.82) is 0 Å². The number of aliphatic hydroxyl groups is 1. The number of likely N-dealkylation sites (tertiary alicyclic amines) is 1. The van der Waals surface area contributed by atoms with E-state index >= 15 is 0 Å². The second kappa shape index (κ2) is 8.76. The lowest BCUT2D eigenvalue weighted by atomic mass is 9.93. The Morgan fingerprint density at radius 3 is 2.60 bits per heavy atom. The molecule has 35 heavy (non-hydrogen) atoms. The van der Waals surface area contributed by atoms with Gasteiger partial charge in [-0.15, -0.1) is 0 Å². The number of fused-ring (bicyclic) bond motifs is 1. The Morgan fingerprint density at radius 2 is 1.86 bits per heavy atom. The van der Waals surface area contributed by atoms with E-state index in [-0.39, 0.29) is 17.9 Å². The van der Waals surface area contributed by atoms with E-state index < -0.39 is 17.7 Å². The largest absolute Gasteiger partial charge is 0.507 e. The Morgan fingerprint density at radius 1 is 1.11 bits per heavy atom. The molecule has 3 heterocycles. The van der Waals surface area contributed by atoms with Crippen molar-refractivity contribution in [3.63, 3.8) is 0 Å². The number of carbonyl (C=O) groups is 2. The summed E-state index contributed by atoms with van der Waals surface area (Å²) in [7, 11) is 1.52. The zero-order valence-corrected chi connectivity index (χ0v) is 19.7. The van der Waals surface area contributed by atoms with Crippen LogP contribution in [0.2, 0.25) is 0 Å². The van der Waals surface area contributed by atoms with Gasteiger partial charge in [0.15, 0.2) is 0 Å². The molecule has 1 atom stereocenters. The Hall–Kier alpha value is -4.39. The van der Waals surface area contributed by atoms with Crippen LogP contribution in [0.25, 0.3) is 16.7 Å². The third-order valence-corrected chi connectivity index (χ3v) is 6.44. The molecule has 0 aliphatic carbocycles. The van der Waals surface area contributed by atoms with Crippen molar-refractivity contribution in [3.8, 4) is 5.75 Å². The topological polar surface area (TPSA) is 95.5 Å². The number of ether oxygens (including phenoxy) is 1. The molecule has 0 saturated carbocycles. The molecule has 1 amide bonds. The average Bonchev–Trinajstić information content (AvgIpc) is 3.38. The number of para-hydroxylation sites is 1. The number of hydrogen-bond acceptors (Lipinski definition) is 5. The molecule has 7 nitrogen and oxygen atoms in total. The molecule has 0 spiro atoms. The highest BCUT2D eigenvalue weighted by Crippen LogP contribution is 2.44. The molecule has 4 aromatic rings. The Balaban J connectivity index is 1.76. The van der Waals surface area contributed by atoms with Crippen molar-refractivity contribution in [2.24, 2.45) is 0 Å². The van der Waals surface area contributed by atoms with Crippen LogP contribution < -0.4 is 4.74 Å². The molecule has 7 heteroatoms. The number of nitrogens with one attached hydrogen (secondary N) is 1. The number of methoxy groups -OCH3 is 1. The number of nitrogens with zero attached hydrogens (tertiary/aromatic N) is 2. The van der Waals surface area contributed by atoms with Crippen LogP contribution in [0.5, 0.6) is 5.75 Å². The highest BCUT2D eigenvalue weighted by atomic mass is 16.5. The Labute approximate surface area is 202 Å². The van der Waals surface area contributed by atoms with Crippen LogP contribution in [-0.4, -0.2) is 38.8 Å². The molecule has 1 saturated heterocycles. The molecule has 0 radical (unpaired) electrons. The van der Waals surface area contributed by atoms with Gasteiger partial charge in [-0.3, -0.25) is 14.6 Å². The number of hydrogen-bond donors (Lipinski definition) is 2. The molecule has 2 aromatic carbocycles. The smallest absolute Gasteiger partial charge is 0.295 e. The maximum absolute atomic E-state index is 13.5. The lowest BCUT2D eigenvalue weighted by Crippen LogP contribution is -2.29. The summed E-state index contributed by atoms with van der Waals surface area (Å²) in [6.07, 6.45) is 5.09. The van der Waals surface area contributed by atoms with Crippen molar-refractivity contribution in [2.45, 2.75) is 26.4 Å². The summed E-state index contributed by atoms with van der Waals surface area (Å²) in [5.41, 5.74) is 4.59. The number of H-pyrrole nitrogens is 1. The van der Waals surface area contributed by atoms with Crippen molar-refractivity contribution in [3.05, 3.63) is 101 Å². The van der Waals surface area contributed by atoms with Gasteiger partial charge in [0.1, 0.15) is 11.5 Å². The first-order valence-electron chi connectivity index (χ1n) is 11.3. The molecular weight excluding hydrogens is 442 g/mol. The number of amides is 1. The number of aromatic amines is 1. The quantitative estimate of drug-likeness (QED) is 0.250. The van der Waals surface area contributed by atoms with Crippen LogP contribution >= 0.6 is 0 Å². The van der Waals surface area contributed by atoms with E-state index in [1.54, 1.807) is 36.8 Å². The minimum absolute atomic E-state index is 0.0390. The van der Waals surface area contributed by atoms with Crippen LogP contribution in [-0.2, 0) is 16.1 Å². The summed E-state index contributed by atoms with van der Waals surface area (Å²) in [5.74, 6) is -1.18. The highest BCUT2D eigenvalue weighted by molar-refractivity contribution is 6.46. The van der Waals surface area contributed by atoms with Crippen LogP contribution in [0.1, 0.15) is 33.9 Å². The summed E-state index contributed by atoms with van der Waals surface area (Å²) in [6, 6.07) is 14.2. The fourth-order valence-electron chi connectivity index (χ4n) is 4.92. The molecule has 1 aliphatic heterocycles. The zero-order chi connectivity index (χ0) is 24.7. The fourth-order valence-corrected chi connectivity index (χ4v) is 4.92. The third-order valence-electron chi connectivity index (χ3n) is 6.44. The van der Waals surface area contributed by atoms with Gasteiger partial charge in [-0.05, 0) is 54.8 Å². The summed E-state index contributed by atoms with van der Waals surface area (Å²) < 4.78 is 5.58. The van der Waals surface area contributed by atoms with E-state index in [9.17, 15) is 14.7 Å².